The molecule has 0 unspecified atom stereocenters. The maximum Gasteiger partial charge on any atom is 0.180 e. The highest BCUT2D eigenvalue weighted by Gasteiger charge is 2.11. The molecule has 0 aliphatic carbocycles. The highest BCUT2D eigenvalue weighted by molar-refractivity contribution is 8.00. The van der Waals surface area contributed by atoms with E-state index in [1.165, 1.54) is 31.2 Å². The minimum absolute atomic E-state index is 0.312. The maximum atomic E-state index is 13.2. The molecular formula is C21H18FN5O2S. The molecule has 0 bridgehead atoms. The van der Waals surface area contributed by atoms with Crippen LogP contribution in [-0.4, -0.2) is 22.3 Å². The summed E-state index contributed by atoms with van der Waals surface area (Å²) in [6.07, 6.45) is 0. The fourth-order valence-corrected chi connectivity index (χ4v) is 3.39. The van der Waals surface area contributed by atoms with E-state index in [0.717, 1.165) is 15.9 Å². The van der Waals surface area contributed by atoms with Gasteiger partial charge in [0.15, 0.2) is 11.6 Å². The predicted octanol–water partition coefficient (Wildman–Crippen LogP) is 5.39. The molecule has 0 aliphatic heterocycles. The Hall–Kier alpha value is -3.40. The second-order valence-electron chi connectivity index (χ2n) is 6.20. The number of hydrogen-bond donors (Lipinski definition) is 3. The molecule has 4 aromatic rings. The van der Waals surface area contributed by atoms with Crippen LogP contribution in [0, 0.1) is 5.82 Å². The molecule has 0 saturated heterocycles. The topological polar surface area (TPSA) is 82.5 Å². The summed E-state index contributed by atoms with van der Waals surface area (Å²) in [5.74, 6) is 0.707. The van der Waals surface area contributed by atoms with E-state index in [-0.39, 0.29) is 5.82 Å². The molecule has 0 radical (unpaired) electrons. The molecule has 4 rings (SSSR count). The average molecular weight is 423 g/mol. The van der Waals surface area contributed by atoms with Crippen LogP contribution in [0.5, 0.6) is 0 Å². The lowest BCUT2D eigenvalue weighted by molar-refractivity contribution is -0.0110. The zero-order valence-electron chi connectivity index (χ0n) is 15.9. The second kappa shape index (κ2) is 8.95. The normalized spacial score (nSPS) is 10.8. The van der Waals surface area contributed by atoms with Crippen LogP contribution in [0.25, 0.3) is 11.0 Å². The van der Waals surface area contributed by atoms with Gasteiger partial charge in [-0.1, -0.05) is 18.2 Å². The van der Waals surface area contributed by atoms with Gasteiger partial charge in [0.1, 0.15) is 5.82 Å². The number of nitrogens with zero attached hydrogens (tertiary/aromatic N) is 3. The van der Waals surface area contributed by atoms with Crippen molar-refractivity contribution in [3.05, 3.63) is 78.6 Å². The number of aromatic nitrogens is 2. The van der Waals surface area contributed by atoms with Crippen LogP contribution in [0.2, 0.25) is 0 Å². The van der Waals surface area contributed by atoms with Crippen LogP contribution < -0.4 is 15.3 Å². The smallest absolute Gasteiger partial charge is 0.180 e. The Balaban J connectivity index is 1.62. The molecule has 1 aromatic heterocycles. The number of hydrogen-bond acceptors (Lipinski definition) is 8. The third-order valence-corrected chi connectivity index (χ3v) is 4.94. The summed E-state index contributed by atoms with van der Waals surface area (Å²) in [5.41, 5.74) is 2.64. The Kier molecular flexibility index (Phi) is 5.94. The molecule has 3 aromatic carbocycles. The van der Waals surface area contributed by atoms with Crippen molar-refractivity contribution in [2.45, 2.75) is 4.90 Å². The fraction of sp³-hybridized carbons (Fsp3) is 0.0476. The van der Waals surface area contributed by atoms with Gasteiger partial charge in [0.2, 0.25) is 0 Å². The van der Waals surface area contributed by atoms with Crippen LogP contribution in [0.1, 0.15) is 0 Å². The number of nitrogens with one attached hydrogen (secondary N) is 2. The van der Waals surface area contributed by atoms with Gasteiger partial charge in [-0.05, 0) is 66.5 Å². The molecule has 30 heavy (non-hydrogen) atoms. The van der Waals surface area contributed by atoms with Crippen LogP contribution >= 0.6 is 11.9 Å². The van der Waals surface area contributed by atoms with E-state index in [4.69, 9.17) is 4.84 Å². The Labute approximate surface area is 176 Å². The number of rotatable bonds is 7. The SMILES string of the molecule is CON(O)c1cccc(SNc2nc3ccccc3nc2Nc2ccc(F)cc2)c1. The summed E-state index contributed by atoms with van der Waals surface area (Å²) in [6.45, 7) is 0. The van der Waals surface area contributed by atoms with Gasteiger partial charge in [0, 0.05) is 10.6 Å². The molecule has 0 aliphatic rings. The van der Waals surface area contributed by atoms with E-state index in [2.05, 4.69) is 20.0 Å². The number of para-hydroxylation sites is 2. The summed E-state index contributed by atoms with van der Waals surface area (Å²) >= 11 is 1.31. The predicted molar refractivity (Wildman–Crippen MR) is 116 cm³/mol. The fourth-order valence-electron chi connectivity index (χ4n) is 2.71. The zero-order valence-corrected chi connectivity index (χ0v) is 16.7. The number of fused-ring (bicyclic) bond motifs is 1. The Morgan fingerprint density at radius 2 is 1.63 bits per heavy atom. The number of benzene rings is 3. The first-order valence-electron chi connectivity index (χ1n) is 8.98. The van der Waals surface area contributed by atoms with E-state index >= 15 is 0 Å². The second-order valence-corrected chi connectivity index (χ2v) is 7.08. The van der Waals surface area contributed by atoms with Gasteiger partial charge in [-0.2, -0.15) is 0 Å². The third-order valence-electron chi connectivity index (χ3n) is 4.15. The molecule has 0 atom stereocenters. The van der Waals surface area contributed by atoms with E-state index in [9.17, 15) is 9.60 Å². The first-order valence-corrected chi connectivity index (χ1v) is 9.79. The van der Waals surface area contributed by atoms with Crippen LogP contribution in [-0.2, 0) is 4.84 Å². The quantitative estimate of drug-likeness (QED) is 0.270. The summed E-state index contributed by atoms with van der Waals surface area (Å²) in [4.78, 5) is 14.9. The lowest BCUT2D eigenvalue weighted by Crippen LogP contribution is -2.15. The summed E-state index contributed by atoms with van der Waals surface area (Å²) in [5, 5.41) is 13.6. The zero-order chi connectivity index (χ0) is 20.9. The van der Waals surface area contributed by atoms with Crippen molar-refractivity contribution < 1.29 is 14.4 Å². The molecule has 0 fully saturated rings. The average Bonchev–Trinajstić information content (AvgIpc) is 2.78. The largest absolute Gasteiger partial charge is 0.337 e. The summed E-state index contributed by atoms with van der Waals surface area (Å²) in [7, 11) is 1.37. The molecule has 152 valence electrons. The van der Waals surface area contributed by atoms with Crippen molar-refractivity contribution in [3.8, 4) is 0 Å². The van der Waals surface area contributed by atoms with Gasteiger partial charge in [0.25, 0.3) is 0 Å². The van der Waals surface area contributed by atoms with Gasteiger partial charge in [-0.15, -0.1) is 5.23 Å². The highest BCUT2D eigenvalue weighted by atomic mass is 32.2. The first-order chi connectivity index (χ1) is 14.6. The Morgan fingerprint density at radius 3 is 2.33 bits per heavy atom. The molecular weight excluding hydrogens is 405 g/mol. The first kappa shape index (κ1) is 19.9. The minimum atomic E-state index is -0.312. The van der Waals surface area contributed by atoms with Gasteiger partial charge in [0.05, 0.1) is 23.8 Å². The lowest BCUT2D eigenvalue weighted by Gasteiger charge is -2.15. The molecule has 0 amide bonds. The number of halogens is 1. The number of anilines is 4. The van der Waals surface area contributed by atoms with Crippen molar-refractivity contribution in [3.63, 3.8) is 0 Å². The van der Waals surface area contributed by atoms with Gasteiger partial charge >= 0.3 is 0 Å². The van der Waals surface area contributed by atoms with Crippen LogP contribution in [0.3, 0.4) is 0 Å². The van der Waals surface area contributed by atoms with E-state index in [1.807, 2.05) is 30.3 Å². The molecule has 9 heteroatoms. The van der Waals surface area contributed by atoms with Crippen LogP contribution in [0.15, 0.2) is 77.7 Å². The van der Waals surface area contributed by atoms with Crippen molar-refractivity contribution in [2.24, 2.45) is 0 Å². The maximum absolute atomic E-state index is 13.2. The molecule has 1 heterocycles. The van der Waals surface area contributed by atoms with Crippen molar-refractivity contribution >= 4 is 46.0 Å². The monoisotopic (exact) mass is 423 g/mol. The Morgan fingerprint density at radius 1 is 0.933 bits per heavy atom. The van der Waals surface area contributed by atoms with Crippen molar-refractivity contribution in [1.82, 2.24) is 9.97 Å². The molecule has 3 N–H and O–H groups in total. The Bertz CT molecular complexity index is 1160. The molecule has 0 saturated carbocycles. The minimum Gasteiger partial charge on any atom is -0.337 e. The third kappa shape index (κ3) is 4.60. The lowest BCUT2D eigenvalue weighted by atomic mass is 10.3. The van der Waals surface area contributed by atoms with Gasteiger partial charge < -0.3 is 10.0 Å². The molecule has 7 nitrogen and oxygen atoms in total. The van der Waals surface area contributed by atoms with E-state index in [0.29, 0.717) is 28.2 Å². The van der Waals surface area contributed by atoms with Crippen molar-refractivity contribution in [2.75, 3.05) is 22.4 Å². The van der Waals surface area contributed by atoms with Crippen molar-refractivity contribution in [1.29, 1.82) is 0 Å². The highest BCUT2D eigenvalue weighted by Crippen LogP contribution is 2.30. The summed E-state index contributed by atoms with van der Waals surface area (Å²) in [6, 6.07) is 20.7. The van der Waals surface area contributed by atoms with Gasteiger partial charge in [-0.25, -0.2) is 14.4 Å². The standard InChI is InChI=1S/C21H18FN5O2S/c1-29-27(28)16-5-4-6-17(13-16)30-26-21-20(23-15-11-9-14(22)10-12-15)24-18-7-2-3-8-19(18)25-21/h2-13,28H,1H3,(H,23,24)(H,25,26). The molecule has 0 spiro atoms. The summed E-state index contributed by atoms with van der Waals surface area (Å²) < 4.78 is 16.4. The van der Waals surface area contributed by atoms with Crippen LogP contribution in [0.4, 0.5) is 27.4 Å². The van der Waals surface area contributed by atoms with E-state index < -0.39 is 0 Å². The van der Waals surface area contributed by atoms with E-state index in [1.54, 1.807) is 30.3 Å². The van der Waals surface area contributed by atoms with Gasteiger partial charge in [-0.3, -0.25) is 10.0 Å².